The van der Waals surface area contributed by atoms with Crippen molar-refractivity contribution in [3.8, 4) is 0 Å². The van der Waals surface area contributed by atoms with Crippen LogP contribution < -0.4 is 60.2 Å². The highest BCUT2D eigenvalue weighted by atomic mass is 16.4. The van der Waals surface area contributed by atoms with Gasteiger partial charge in [-0.25, -0.2) is 4.98 Å². The molecule has 0 fully saturated rings. The zero-order valence-electron chi connectivity index (χ0n) is 46.4. The summed E-state index contributed by atoms with van der Waals surface area (Å²) in [7, 11) is 0. The zero-order valence-corrected chi connectivity index (χ0v) is 46.4. The fourth-order valence-electron chi connectivity index (χ4n) is 7.85. The Morgan fingerprint density at radius 1 is 0.713 bits per heavy atom. The Kier molecular flexibility index (Phi) is 30.5. The van der Waals surface area contributed by atoms with Crippen LogP contribution in [-0.2, 0) is 60.8 Å². The lowest BCUT2D eigenvalue weighted by Crippen LogP contribution is -2.62. The average Bonchev–Trinajstić information content (AvgIpc) is 3.93. The van der Waals surface area contributed by atoms with Gasteiger partial charge in [0.25, 0.3) is 0 Å². The van der Waals surface area contributed by atoms with E-state index in [0.717, 1.165) is 29.2 Å². The Morgan fingerprint density at radius 2 is 1.34 bits per heavy atom. The molecule has 446 valence electrons. The number of carboxylic acids is 1. The third-order valence-corrected chi connectivity index (χ3v) is 12.7. The maximum absolute atomic E-state index is 14.2. The average molecular weight is 1130 g/mol. The molecule has 0 bridgehead atoms. The molecule has 29 heteroatoms. The fourth-order valence-corrected chi connectivity index (χ4v) is 7.85. The maximum atomic E-state index is 14.2. The van der Waals surface area contributed by atoms with Gasteiger partial charge in [0.05, 0.1) is 37.7 Å². The van der Waals surface area contributed by atoms with Crippen molar-refractivity contribution in [1.82, 2.24) is 57.0 Å². The molecular weight excluding hydrogens is 1040 g/mol. The van der Waals surface area contributed by atoms with E-state index in [9.17, 15) is 63.3 Å². The van der Waals surface area contributed by atoms with Gasteiger partial charge in [0, 0.05) is 44.5 Å². The number of aromatic nitrogens is 2. The number of aliphatic hydroxyl groups is 2. The van der Waals surface area contributed by atoms with Crippen molar-refractivity contribution in [2.24, 2.45) is 33.8 Å². The highest BCUT2D eigenvalue weighted by Crippen LogP contribution is 2.13. The van der Waals surface area contributed by atoms with Crippen molar-refractivity contribution in [1.29, 1.82) is 0 Å². The number of nitrogens with two attached hydrogens (primary N) is 4. The first-order valence-corrected chi connectivity index (χ1v) is 26.6. The second-order valence-electron chi connectivity index (χ2n) is 19.4. The molecule has 10 atom stereocenters. The molecule has 2 rings (SSSR count). The number of amides is 9. The smallest absolute Gasteiger partial charge is 0.323 e. The molecule has 0 saturated heterocycles. The molecule has 29 nitrogen and oxygen atoms in total. The van der Waals surface area contributed by atoms with Crippen molar-refractivity contribution in [3.05, 3.63) is 54.1 Å². The van der Waals surface area contributed by atoms with E-state index in [0.29, 0.717) is 31.4 Å². The lowest BCUT2D eigenvalue weighted by Gasteiger charge is -2.31. The number of imidazole rings is 1. The number of benzene rings is 1. The number of aliphatic hydroxyl groups excluding tert-OH is 2. The first-order valence-electron chi connectivity index (χ1n) is 26.6. The van der Waals surface area contributed by atoms with Crippen molar-refractivity contribution < 1.29 is 63.3 Å². The van der Waals surface area contributed by atoms with Crippen molar-refractivity contribution in [2.45, 2.75) is 147 Å². The molecular formula is C51H84N16O13. The molecule has 1 unspecified atom stereocenters. The molecule has 80 heavy (non-hydrogen) atoms. The normalized spacial score (nSPS) is 14.8. The summed E-state index contributed by atoms with van der Waals surface area (Å²) in [4.78, 5) is 147. The van der Waals surface area contributed by atoms with E-state index >= 15 is 0 Å². The molecule has 0 spiro atoms. The van der Waals surface area contributed by atoms with Gasteiger partial charge in [-0.3, -0.25) is 52.9 Å². The molecule has 0 aliphatic heterocycles. The molecule has 2 aromatic rings. The minimum atomic E-state index is -1.83. The number of aromatic amines is 1. The standard InChI is InChI=1S/C51H84N16O13/c1-7-9-21-67(27-40(72)73)50(80)41(29(3)8-2)63-38(70)26-66(22-19-52)39(71)25-58-48(78)42(31(5)68)65-49(79)43(32(6)69)64-47(77)37(23-34-24-56-28-59-34)62-46(76)36(18-17-33-14-11-10-12-15-33)61-44(74)30(4)60-45(75)35(53)16-13-20-57-51(54)55/h10-12,14-15,24,28-32,35-37,41-43,68-69H,7-9,13,16-23,25-27,52-53H2,1-6H3,(H,56,59)(H,58,78)(H,60,75)(H,61,74)(H,62,76)(H,63,70)(H,64,77)(H,65,79)(H,72,73)(H4,54,55,57)/t29?,30-,31+,32+,35-,36-,37-,41-,42-,43-/m0/s1. The van der Waals surface area contributed by atoms with E-state index < -0.39 is 139 Å². The van der Waals surface area contributed by atoms with Crippen LogP contribution in [0, 0.1) is 5.92 Å². The summed E-state index contributed by atoms with van der Waals surface area (Å²) in [6.07, 6.45) is 1.63. The molecule has 0 aliphatic carbocycles. The Hall–Kier alpha value is -7.76. The van der Waals surface area contributed by atoms with Crippen LogP contribution in [0.1, 0.15) is 91.3 Å². The summed E-state index contributed by atoms with van der Waals surface area (Å²) in [5.74, 6) is -9.52. The number of nitrogens with one attached hydrogen (secondary N) is 8. The highest BCUT2D eigenvalue weighted by molar-refractivity contribution is 5.98. The molecule has 0 aliphatic rings. The monoisotopic (exact) mass is 1130 g/mol. The van der Waals surface area contributed by atoms with E-state index in [1.807, 2.05) is 19.1 Å². The number of carbonyl (C=O) groups excluding carboxylic acids is 9. The first kappa shape index (κ1) is 68.3. The van der Waals surface area contributed by atoms with Crippen molar-refractivity contribution >= 4 is 65.1 Å². The summed E-state index contributed by atoms with van der Waals surface area (Å²) in [5.41, 5.74) is 23.6. The summed E-state index contributed by atoms with van der Waals surface area (Å²) in [6, 6.07) is -0.781. The second kappa shape index (κ2) is 35.7. The molecule has 0 saturated carbocycles. The van der Waals surface area contributed by atoms with Gasteiger partial charge in [0.15, 0.2) is 5.96 Å². The van der Waals surface area contributed by atoms with Crippen LogP contribution in [0.25, 0.3) is 0 Å². The third-order valence-electron chi connectivity index (χ3n) is 12.7. The van der Waals surface area contributed by atoms with Crippen LogP contribution in [0.15, 0.2) is 47.8 Å². The minimum absolute atomic E-state index is 0.00913. The van der Waals surface area contributed by atoms with E-state index in [4.69, 9.17) is 22.9 Å². The van der Waals surface area contributed by atoms with E-state index in [1.165, 1.54) is 19.4 Å². The lowest BCUT2D eigenvalue weighted by atomic mass is 9.97. The predicted octanol–water partition coefficient (Wildman–Crippen LogP) is -4.68. The minimum Gasteiger partial charge on any atom is -0.480 e. The largest absolute Gasteiger partial charge is 0.480 e. The number of aliphatic carboxylic acids is 1. The Morgan fingerprint density at radius 3 is 1.91 bits per heavy atom. The number of aliphatic imine (C=N–C) groups is 1. The number of guanidine groups is 1. The van der Waals surface area contributed by atoms with Gasteiger partial charge in [-0.1, -0.05) is 63.9 Å². The molecule has 1 heterocycles. The number of carbonyl (C=O) groups is 10. The SMILES string of the molecule is CCCCN(CC(=O)O)C(=O)[C@@H](NC(=O)CN(CCN)C(=O)CNC(=O)[C@@H](NC(=O)[C@@H](NC(=O)[C@H](Cc1cnc[nH]1)NC(=O)[C@H](CCc1ccccc1)NC(=O)[C@H](C)NC(=O)[C@@H](N)CCCN=C(N)N)[C@@H](C)O)[C@@H](C)O)C(C)CC. The fraction of sp³-hybridized carbons (Fsp3) is 0.608. The zero-order chi connectivity index (χ0) is 60.1. The predicted molar refractivity (Wildman–Crippen MR) is 293 cm³/mol. The molecule has 1 aromatic heterocycles. The van der Waals surface area contributed by atoms with Crippen LogP contribution in [0.2, 0.25) is 0 Å². The molecule has 9 amide bonds. The van der Waals surface area contributed by atoms with Crippen molar-refractivity contribution in [2.75, 3.05) is 45.8 Å². The quantitative estimate of drug-likeness (QED) is 0.0172. The molecule has 19 N–H and O–H groups in total. The van der Waals surface area contributed by atoms with Gasteiger partial charge in [-0.15, -0.1) is 0 Å². The van der Waals surface area contributed by atoms with Crippen LogP contribution in [-0.4, -0.2) is 200 Å². The van der Waals surface area contributed by atoms with Crippen LogP contribution in [0.3, 0.4) is 0 Å². The number of rotatable bonds is 37. The second-order valence-corrected chi connectivity index (χ2v) is 19.4. The number of H-pyrrole nitrogens is 1. The van der Waals surface area contributed by atoms with Gasteiger partial charge in [0.1, 0.15) is 42.8 Å². The van der Waals surface area contributed by atoms with Gasteiger partial charge in [-0.05, 0) is 64.4 Å². The van der Waals surface area contributed by atoms with Gasteiger partial charge in [-0.2, -0.15) is 0 Å². The van der Waals surface area contributed by atoms with E-state index in [2.05, 4.69) is 52.2 Å². The number of hydrogen-bond donors (Lipinski definition) is 15. The van der Waals surface area contributed by atoms with Crippen LogP contribution in [0.5, 0.6) is 0 Å². The summed E-state index contributed by atoms with van der Waals surface area (Å²) >= 11 is 0. The summed E-state index contributed by atoms with van der Waals surface area (Å²) < 4.78 is 0. The summed E-state index contributed by atoms with van der Waals surface area (Å²) in [6.45, 7) is 7.16. The van der Waals surface area contributed by atoms with Gasteiger partial charge in [0.2, 0.25) is 53.2 Å². The maximum Gasteiger partial charge on any atom is 0.323 e. The molecule has 0 radical (unpaired) electrons. The number of carboxylic acid groups (broad SMARTS) is 1. The number of aryl methyl sites for hydroxylation is 1. The highest BCUT2D eigenvalue weighted by Gasteiger charge is 2.36. The van der Waals surface area contributed by atoms with Crippen molar-refractivity contribution in [3.63, 3.8) is 0 Å². The lowest BCUT2D eigenvalue weighted by molar-refractivity contribution is -0.147. The summed E-state index contributed by atoms with van der Waals surface area (Å²) in [5, 5.41) is 48.3. The topological polar surface area (TPSA) is 467 Å². The number of unbranched alkanes of at least 4 members (excludes halogenated alkanes) is 1. The Balaban J connectivity index is 2.28. The number of hydrogen-bond acceptors (Lipinski definition) is 16. The van der Waals surface area contributed by atoms with Crippen LogP contribution in [0.4, 0.5) is 0 Å². The van der Waals surface area contributed by atoms with E-state index in [1.54, 1.807) is 32.0 Å². The third kappa shape index (κ3) is 24.5. The number of nitrogens with zero attached hydrogens (tertiary/aromatic N) is 4. The molecule has 1 aromatic carbocycles. The Labute approximate surface area is 465 Å². The van der Waals surface area contributed by atoms with Gasteiger partial charge >= 0.3 is 5.97 Å². The van der Waals surface area contributed by atoms with E-state index in [-0.39, 0.29) is 57.8 Å². The first-order chi connectivity index (χ1) is 37.8. The van der Waals surface area contributed by atoms with Gasteiger partial charge < -0.3 is 90.3 Å². The van der Waals surface area contributed by atoms with Crippen LogP contribution >= 0.6 is 0 Å². The Bertz CT molecular complexity index is 2350.